The first-order valence-electron chi connectivity index (χ1n) is 11.6. The number of carbonyl (C=O) groups is 2. The fourth-order valence-electron chi connectivity index (χ4n) is 3.25. The van der Waals surface area contributed by atoms with Crippen molar-refractivity contribution in [2.45, 2.75) is 45.3 Å². The van der Waals surface area contributed by atoms with Gasteiger partial charge in [0.15, 0.2) is 11.5 Å². The molecule has 0 amide bonds. The predicted molar refractivity (Wildman–Crippen MR) is 134 cm³/mol. The molecule has 2 rings (SSSR count). The Morgan fingerprint density at radius 2 is 1.58 bits per heavy atom. The van der Waals surface area contributed by atoms with Gasteiger partial charge in [0.05, 0.1) is 20.3 Å². The van der Waals surface area contributed by atoms with Crippen molar-refractivity contribution in [3.63, 3.8) is 0 Å². The third-order valence-corrected chi connectivity index (χ3v) is 5.10. The van der Waals surface area contributed by atoms with E-state index in [0.717, 1.165) is 29.7 Å². The molecule has 0 bridgehead atoms. The van der Waals surface area contributed by atoms with Gasteiger partial charge >= 0.3 is 11.9 Å². The van der Waals surface area contributed by atoms with Crippen LogP contribution in [-0.2, 0) is 16.0 Å². The quantitative estimate of drug-likeness (QED) is 0.202. The second-order valence-corrected chi connectivity index (χ2v) is 8.06. The van der Waals surface area contributed by atoms with Crippen molar-refractivity contribution in [3.05, 3.63) is 53.1 Å². The lowest BCUT2D eigenvalue weighted by atomic mass is 9.99. The fourth-order valence-corrected chi connectivity index (χ4v) is 3.25. The molecule has 200 valence electrons. The Kier molecular flexibility index (Phi) is 13.9. The summed E-state index contributed by atoms with van der Waals surface area (Å²) in [7, 11) is 3.22. The summed E-state index contributed by atoms with van der Waals surface area (Å²) in [5, 5.41) is 38.9. The number of aliphatic carboxylic acids is 2. The lowest BCUT2D eigenvalue weighted by molar-refractivity contribution is -0.159. The lowest BCUT2D eigenvalue weighted by Gasteiger charge is -2.19. The third kappa shape index (κ3) is 10.9. The van der Waals surface area contributed by atoms with E-state index in [4.69, 9.17) is 34.0 Å². The first kappa shape index (κ1) is 30.7. The van der Waals surface area contributed by atoms with Gasteiger partial charge < -0.3 is 40.0 Å². The van der Waals surface area contributed by atoms with E-state index in [1.807, 2.05) is 43.3 Å². The van der Waals surface area contributed by atoms with Crippen LogP contribution >= 0.6 is 0 Å². The van der Waals surface area contributed by atoms with Gasteiger partial charge in [-0.1, -0.05) is 24.6 Å². The number of carboxylic acids is 2. The predicted octanol–water partition coefficient (Wildman–Crippen LogP) is 2.57. The van der Waals surface area contributed by atoms with E-state index in [1.54, 1.807) is 14.2 Å². The van der Waals surface area contributed by atoms with Crippen molar-refractivity contribution < 1.29 is 44.2 Å². The molecule has 0 heterocycles. The summed E-state index contributed by atoms with van der Waals surface area (Å²) >= 11 is 0. The number of hydrogen-bond donors (Lipinski definition) is 5. The molecule has 0 radical (unpaired) electrons. The summed E-state index contributed by atoms with van der Waals surface area (Å²) in [6, 6.07) is 11.5. The number of carboxylic acid groups (broad SMARTS) is 2. The van der Waals surface area contributed by atoms with E-state index >= 15 is 0 Å². The number of aliphatic hydroxyl groups excluding tert-OH is 2. The Labute approximate surface area is 211 Å². The Bertz CT molecular complexity index is 952. The summed E-state index contributed by atoms with van der Waals surface area (Å²) in [6.45, 7) is 5.59. The highest BCUT2D eigenvalue weighted by atomic mass is 16.5. The zero-order valence-corrected chi connectivity index (χ0v) is 21.2. The molecule has 2 aromatic carbocycles. The van der Waals surface area contributed by atoms with Gasteiger partial charge in [0, 0.05) is 12.1 Å². The molecule has 2 aromatic rings. The highest BCUT2D eigenvalue weighted by Crippen LogP contribution is 2.32. The molecule has 10 heteroatoms. The minimum absolute atomic E-state index is 0.176. The van der Waals surface area contributed by atoms with E-state index in [1.165, 1.54) is 0 Å². The second kappa shape index (κ2) is 16.4. The molecule has 0 aliphatic rings. The SMILES string of the molecule is CCCNCC(O)COc1ccc(C)cc1C(O)CCc1ccc(OC)c(OC)c1.O=C(O)C(=O)O. The Hall–Kier alpha value is -3.34. The number of aryl methyl sites for hydroxylation is 2. The highest BCUT2D eigenvalue weighted by molar-refractivity contribution is 6.27. The summed E-state index contributed by atoms with van der Waals surface area (Å²) in [5.41, 5.74) is 2.84. The molecule has 0 fully saturated rings. The van der Waals surface area contributed by atoms with Gasteiger partial charge in [-0.25, -0.2) is 9.59 Å². The van der Waals surface area contributed by atoms with Crippen LogP contribution in [0.4, 0.5) is 0 Å². The summed E-state index contributed by atoms with van der Waals surface area (Å²) in [4.78, 5) is 18.2. The van der Waals surface area contributed by atoms with Gasteiger partial charge in [-0.2, -0.15) is 0 Å². The van der Waals surface area contributed by atoms with Crippen LogP contribution < -0.4 is 19.5 Å². The van der Waals surface area contributed by atoms with Crippen molar-refractivity contribution in [1.82, 2.24) is 5.32 Å². The zero-order chi connectivity index (χ0) is 27.1. The number of hydrogen-bond acceptors (Lipinski definition) is 8. The Morgan fingerprint density at radius 1 is 0.944 bits per heavy atom. The average Bonchev–Trinajstić information content (AvgIpc) is 2.86. The summed E-state index contributed by atoms with van der Waals surface area (Å²) < 4.78 is 16.5. The molecule has 2 unspecified atom stereocenters. The maximum absolute atomic E-state index is 10.8. The largest absolute Gasteiger partial charge is 0.493 e. The maximum Gasteiger partial charge on any atom is 0.414 e. The van der Waals surface area contributed by atoms with Crippen molar-refractivity contribution >= 4 is 11.9 Å². The molecule has 2 atom stereocenters. The molecular formula is C26H37NO9. The smallest absolute Gasteiger partial charge is 0.414 e. The van der Waals surface area contributed by atoms with Gasteiger partial charge in [0.25, 0.3) is 0 Å². The molecular weight excluding hydrogens is 470 g/mol. The van der Waals surface area contributed by atoms with Crippen LogP contribution in [0.25, 0.3) is 0 Å². The average molecular weight is 508 g/mol. The minimum Gasteiger partial charge on any atom is -0.493 e. The molecule has 5 N–H and O–H groups in total. The number of methoxy groups -OCH3 is 2. The van der Waals surface area contributed by atoms with E-state index in [2.05, 4.69) is 12.2 Å². The monoisotopic (exact) mass is 507 g/mol. The minimum atomic E-state index is -1.82. The summed E-state index contributed by atoms with van der Waals surface area (Å²) in [6.07, 6.45) is 0.953. The third-order valence-electron chi connectivity index (χ3n) is 5.10. The van der Waals surface area contributed by atoms with Crippen molar-refractivity contribution in [2.24, 2.45) is 0 Å². The van der Waals surface area contributed by atoms with Crippen LogP contribution in [0.15, 0.2) is 36.4 Å². The van der Waals surface area contributed by atoms with Crippen molar-refractivity contribution in [2.75, 3.05) is 33.9 Å². The number of benzene rings is 2. The number of aliphatic hydroxyl groups is 2. The molecule has 36 heavy (non-hydrogen) atoms. The number of rotatable bonds is 13. The van der Waals surface area contributed by atoms with Crippen LogP contribution in [0.1, 0.15) is 42.6 Å². The molecule has 0 aliphatic carbocycles. The van der Waals surface area contributed by atoms with Crippen LogP contribution in [0.3, 0.4) is 0 Å². The van der Waals surface area contributed by atoms with Crippen LogP contribution in [0.5, 0.6) is 17.2 Å². The molecule has 10 nitrogen and oxygen atoms in total. The van der Waals surface area contributed by atoms with Gasteiger partial charge in [0.2, 0.25) is 0 Å². The van der Waals surface area contributed by atoms with E-state index in [9.17, 15) is 10.2 Å². The van der Waals surface area contributed by atoms with Crippen LogP contribution in [0.2, 0.25) is 0 Å². The maximum atomic E-state index is 10.8. The van der Waals surface area contributed by atoms with Crippen molar-refractivity contribution in [3.8, 4) is 17.2 Å². The Morgan fingerprint density at radius 3 is 2.17 bits per heavy atom. The number of ether oxygens (including phenoxy) is 3. The molecule has 0 saturated carbocycles. The number of nitrogens with one attached hydrogen (secondary N) is 1. The first-order chi connectivity index (χ1) is 17.1. The van der Waals surface area contributed by atoms with Gasteiger partial charge in [0.1, 0.15) is 18.5 Å². The summed E-state index contributed by atoms with van der Waals surface area (Å²) in [5.74, 6) is -1.68. The topological polar surface area (TPSA) is 155 Å². The van der Waals surface area contributed by atoms with Crippen LogP contribution in [-0.4, -0.2) is 72.4 Å². The van der Waals surface area contributed by atoms with Gasteiger partial charge in [-0.3, -0.25) is 0 Å². The normalized spacial score (nSPS) is 12.1. The van der Waals surface area contributed by atoms with E-state index in [0.29, 0.717) is 36.6 Å². The molecule has 0 saturated heterocycles. The lowest BCUT2D eigenvalue weighted by Crippen LogP contribution is -2.32. The molecule has 0 aromatic heterocycles. The second-order valence-electron chi connectivity index (χ2n) is 8.06. The van der Waals surface area contributed by atoms with Gasteiger partial charge in [-0.05, 0) is 62.6 Å². The fraction of sp³-hybridized carbons (Fsp3) is 0.462. The zero-order valence-electron chi connectivity index (χ0n) is 21.2. The van der Waals surface area contributed by atoms with Crippen molar-refractivity contribution in [1.29, 1.82) is 0 Å². The molecule has 0 spiro atoms. The Balaban J connectivity index is 0.000000960. The van der Waals surface area contributed by atoms with Crippen LogP contribution in [0, 0.1) is 6.92 Å². The first-order valence-corrected chi connectivity index (χ1v) is 11.6. The van der Waals surface area contributed by atoms with Gasteiger partial charge in [-0.15, -0.1) is 0 Å². The highest BCUT2D eigenvalue weighted by Gasteiger charge is 2.16. The standard InChI is InChI=1S/C24H35NO5.C2H2O4/c1-5-12-25-15-19(26)16-30-22-10-6-17(2)13-20(22)21(27)9-7-18-8-11-23(28-3)24(14-18)29-4;3-1(4)2(5)6/h6,8,10-11,13-14,19,21,25-27H,5,7,9,12,15-16H2,1-4H3;(H,3,4)(H,5,6). The molecule has 0 aliphatic heterocycles. The van der Waals surface area contributed by atoms with E-state index in [-0.39, 0.29) is 6.61 Å². The van der Waals surface area contributed by atoms with E-state index < -0.39 is 24.1 Å².